The quantitative estimate of drug-likeness (QED) is 0.515. The summed E-state index contributed by atoms with van der Waals surface area (Å²) in [5.74, 6) is -1.50. The number of nitrogens with one attached hydrogen (secondary N) is 3. The number of nitrogens with zero attached hydrogens (tertiary/aromatic N) is 3. The summed E-state index contributed by atoms with van der Waals surface area (Å²) in [4.78, 5) is 56.3. The number of benzene rings is 1. The van der Waals surface area contributed by atoms with Gasteiger partial charge in [-0.05, 0) is 30.7 Å². The van der Waals surface area contributed by atoms with Gasteiger partial charge in [0.1, 0.15) is 5.69 Å². The lowest BCUT2D eigenvalue weighted by Gasteiger charge is -2.25. The van der Waals surface area contributed by atoms with E-state index in [2.05, 4.69) is 21.2 Å². The maximum atomic E-state index is 12.3. The second-order valence-corrected chi connectivity index (χ2v) is 8.33. The lowest BCUT2D eigenvalue weighted by molar-refractivity contribution is -0.121. The highest BCUT2D eigenvalue weighted by Gasteiger charge is 2.22. The minimum absolute atomic E-state index is 0.0703. The van der Waals surface area contributed by atoms with Crippen LogP contribution in [-0.2, 0) is 14.3 Å². The molecule has 3 N–H and O–H groups in total. The lowest BCUT2D eigenvalue weighted by atomic mass is 10.2. The number of rotatable bonds is 6. The van der Waals surface area contributed by atoms with E-state index >= 15 is 0 Å². The van der Waals surface area contributed by atoms with Crippen LogP contribution in [0.3, 0.4) is 0 Å². The number of hydrazine groups is 1. The molecule has 2 aliphatic rings. The van der Waals surface area contributed by atoms with Crippen molar-refractivity contribution >= 4 is 45.8 Å². The number of ether oxygens (including phenoxy) is 1. The summed E-state index contributed by atoms with van der Waals surface area (Å²) in [6, 6.07) is 6.61. The lowest BCUT2D eigenvalue weighted by Crippen LogP contribution is -2.46. The predicted molar refractivity (Wildman–Crippen MR) is 121 cm³/mol. The molecule has 0 saturated carbocycles. The molecule has 2 fully saturated rings. The maximum absolute atomic E-state index is 12.3. The van der Waals surface area contributed by atoms with E-state index in [9.17, 15) is 19.2 Å². The van der Waals surface area contributed by atoms with Crippen molar-refractivity contribution in [3.63, 3.8) is 0 Å². The van der Waals surface area contributed by atoms with Gasteiger partial charge in [0.05, 0.1) is 19.8 Å². The van der Waals surface area contributed by atoms with E-state index in [1.54, 1.807) is 34.5 Å². The van der Waals surface area contributed by atoms with E-state index in [0.717, 1.165) is 17.2 Å². The molecule has 4 rings (SSSR count). The number of anilines is 2. The molecule has 11 nitrogen and oxygen atoms in total. The maximum Gasteiger partial charge on any atom is 0.289 e. The molecule has 2 saturated heterocycles. The van der Waals surface area contributed by atoms with Crippen LogP contribution in [0.25, 0.3) is 0 Å². The van der Waals surface area contributed by atoms with Gasteiger partial charge in [-0.1, -0.05) is 0 Å². The van der Waals surface area contributed by atoms with Crippen molar-refractivity contribution in [2.24, 2.45) is 0 Å². The molecule has 2 aromatic rings. The van der Waals surface area contributed by atoms with E-state index in [1.807, 2.05) is 4.90 Å². The molecule has 1 aromatic heterocycles. The Bertz CT molecular complexity index is 1030. The van der Waals surface area contributed by atoms with E-state index < -0.39 is 17.7 Å². The standard InChI is InChI=1S/C21H24N6O5S/c28-17(24-25-20(31)16-13-33-21(23-16)26-8-10-32-11-9-26)12-22-19(30)14-3-5-15(6-4-14)27-7-1-2-18(27)29/h3-6,13H,1-2,7-12H2,(H,22,30)(H,24,28)(H,25,31). The second-order valence-electron chi connectivity index (χ2n) is 7.50. The third-order valence-electron chi connectivity index (χ3n) is 5.25. The third-order valence-corrected chi connectivity index (χ3v) is 6.15. The predicted octanol–water partition coefficient (Wildman–Crippen LogP) is 0.298. The molecule has 0 aliphatic carbocycles. The first-order valence-electron chi connectivity index (χ1n) is 10.6. The van der Waals surface area contributed by atoms with Crippen LogP contribution in [0.4, 0.5) is 10.8 Å². The third kappa shape index (κ3) is 5.65. The van der Waals surface area contributed by atoms with Gasteiger partial charge in [-0.2, -0.15) is 0 Å². The van der Waals surface area contributed by atoms with Crippen molar-refractivity contribution in [2.45, 2.75) is 12.8 Å². The van der Waals surface area contributed by atoms with Crippen molar-refractivity contribution in [2.75, 3.05) is 49.2 Å². The first-order valence-corrected chi connectivity index (χ1v) is 11.5. The highest BCUT2D eigenvalue weighted by atomic mass is 32.1. The van der Waals surface area contributed by atoms with Crippen LogP contribution in [0.15, 0.2) is 29.6 Å². The zero-order valence-electron chi connectivity index (χ0n) is 17.8. The van der Waals surface area contributed by atoms with Crippen molar-refractivity contribution in [3.8, 4) is 0 Å². The summed E-state index contributed by atoms with van der Waals surface area (Å²) in [6.45, 7) is 3.01. The average Bonchev–Trinajstić information content (AvgIpc) is 3.51. The Morgan fingerprint density at radius 3 is 2.48 bits per heavy atom. The first kappa shape index (κ1) is 22.7. The zero-order chi connectivity index (χ0) is 23.2. The van der Waals surface area contributed by atoms with Crippen molar-refractivity contribution in [1.29, 1.82) is 0 Å². The summed E-state index contributed by atoms with van der Waals surface area (Å²) >= 11 is 1.35. The van der Waals surface area contributed by atoms with Crippen LogP contribution in [0.2, 0.25) is 0 Å². The number of amides is 4. The number of hydrogen-bond donors (Lipinski definition) is 3. The number of hydrogen-bond acceptors (Lipinski definition) is 8. The topological polar surface area (TPSA) is 133 Å². The van der Waals surface area contributed by atoms with Gasteiger partial charge in [0, 0.05) is 42.7 Å². The number of carbonyl (C=O) groups excluding carboxylic acids is 4. The molecule has 4 amide bonds. The van der Waals surface area contributed by atoms with Crippen LogP contribution < -0.4 is 26.0 Å². The summed E-state index contributed by atoms with van der Waals surface area (Å²) in [7, 11) is 0. The molecule has 3 heterocycles. The van der Waals surface area contributed by atoms with Crippen molar-refractivity contribution in [3.05, 3.63) is 40.9 Å². The van der Waals surface area contributed by atoms with Crippen molar-refractivity contribution < 1.29 is 23.9 Å². The molecular formula is C21H24N6O5S. The average molecular weight is 473 g/mol. The Morgan fingerprint density at radius 1 is 1.03 bits per heavy atom. The van der Waals surface area contributed by atoms with Crippen LogP contribution in [0.5, 0.6) is 0 Å². The number of morpholine rings is 1. The summed E-state index contributed by atoms with van der Waals surface area (Å²) in [5, 5.41) is 4.83. The minimum atomic E-state index is -0.584. The molecule has 0 unspecified atom stereocenters. The molecule has 2 aliphatic heterocycles. The van der Waals surface area contributed by atoms with Gasteiger partial charge in [0.25, 0.3) is 17.7 Å². The van der Waals surface area contributed by atoms with Crippen LogP contribution >= 0.6 is 11.3 Å². The van der Waals surface area contributed by atoms with Gasteiger partial charge in [0.15, 0.2) is 5.13 Å². The number of carbonyl (C=O) groups is 4. The van der Waals surface area contributed by atoms with E-state index in [1.165, 1.54) is 11.3 Å². The summed E-state index contributed by atoms with van der Waals surface area (Å²) < 4.78 is 5.30. The molecule has 33 heavy (non-hydrogen) atoms. The van der Waals surface area contributed by atoms with E-state index in [0.29, 0.717) is 44.8 Å². The molecule has 1 aromatic carbocycles. The van der Waals surface area contributed by atoms with Gasteiger partial charge >= 0.3 is 0 Å². The Balaban J connectivity index is 1.20. The highest BCUT2D eigenvalue weighted by molar-refractivity contribution is 7.13. The molecular weight excluding hydrogens is 448 g/mol. The highest BCUT2D eigenvalue weighted by Crippen LogP contribution is 2.22. The number of thiazole rings is 1. The first-order chi connectivity index (χ1) is 16.0. The Morgan fingerprint density at radius 2 is 1.79 bits per heavy atom. The fourth-order valence-electron chi connectivity index (χ4n) is 3.48. The summed E-state index contributed by atoms with van der Waals surface area (Å²) in [6.07, 6.45) is 1.36. The molecule has 0 spiro atoms. The fourth-order valence-corrected chi connectivity index (χ4v) is 4.34. The smallest absolute Gasteiger partial charge is 0.289 e. The second kappa shape index (κ2) is 10.4. The van der Waals surface area contributed by atoms with Gasteiger partial charge in [-0.3, -0.25) is 30.0 Å². The molecule has 0 bridgehead atoms. The molecule has 12 heteroatoms. The van der Waals surface area contributed by atoms with E-state index in [-0.39, 0.29) is 18.1 Å². The van der Waals surface area contributed by atoms with Crippen LogP contribution in [0, 0.1) is 0 Å². The Kier molecular flexibility index (Phi) is 7.15. The number of aromatic nitrogens is 1. The minimum Gasteiger partial charge on any atom is -0.378 e. The fraction of sp³-hybridized carbons (Fsp3) is 0.381. The molecule has 0 atom stereocenters. The van der Waals surface area contributed by atoms with Gasteiger partial charge < -0.3 is 19.9 Å². The van der Waals surface area contributed by atoms with Gasteiger partial charge in [0.2, 0.25) is 5.91 Å². The van der Waals surface area contributed by atoms with Crippen LogP contribution in [0.1, 0.15) is 33.7 Å². The zero-order valence-corrected chi connectivity index (χ0v) is 18.7. The molecule has 174 valence electrons. The largest absolute Gasteiger partial charge is 0.378 e. The monoisotopic (exact) mass is 472 g/mol. The Hall–Kier alpha value is -3.51. The summed E-state index contributed by atoms with van der Waals surface area (Å²) in [5.41, 5.74) is 5.86. The normalized spacial score (nSPS) is 15.9. The van der Waals surface area contributed by atoms with Gasteiger partial charge in [-0.15, -0.1) is 11.3 Å². The van der Waals surface area contributed by atoms with Crippen molar-refractivity contribution in [1.82, 2.24) is 21.2 Å². The van der Waals surface area contributed by atoms with E-state index in [4.69, 9.17) is 4.74 Å². The van der Waals surface area contributed by atoms with Crippen LogP contribution in [-0.4, -0.2) is 68.0 Å². The SMILES string of the molecule is O=C(CNC(=O)c1ccc(N2CCCC2=O)cc1)NNC(=O)c1csc(N2CCOCC2)n1. The Labute approximate surface area is 194 Å². The molecule has 0 radical (unpaired) electrons. The van der Waals surface area contributed by atoms with Gasteiger partial charge in [-0.25, -0.2) is 4.98 Å².